The Balaban J connectivity index is 1.56. The van der Waals surface area contributed by atoms with E-state index in [9.17, 15) is 14.4 Å². The zero-order valence-corrected chi connectivity index (χ0v) is 17.3. The Morgan fingerprint density at radius 3 is 2.50 bits per heavy atom. The molecule has 0 atom stereocenters. The summed E-state index contributed by atoms with van der Waals surface area (Å²) in [5.41, 5.74) is 1.56. The van der Waals surface area contributed by atoms with Crippen molar-refractivity contribution in [1.82, 2.24) is 4.98 Å². The van der Waals surface area contributed by atoms with Gasteiger partial charge < -0.3 is 15.4 Å². The van der Waals surface area contributed by atoms with Gasteiger partial charge in [0.05, 0.1) is 12.2 Å². The van der Waals surface area contributed by atoms with Gasteiger partial charge in [0.1, 0.15) is 5.69 Å². The number of aromatic nitrogens is 1. The highest BCUT2D eigenvalue weighted by Gasteiger charge is 2.14. The molecule has 3 N–H and O–H groups in total. The number of thiazole rings is 1. The molecule has 30 heavy (non-hydrogen) atoms. The number of ether oxygens (including phenoxy) is 1. The minimum Gasteiger partial charge on any atom is -0.462 e. The van der Waals surface area contributed by atoms with E-state index in [1.165, 1.54) is 5.38 Å². The van der Waals surface area contributed by atoms with Crippen LogP contribution in [0.3, 0.4) is 0 Å². The van der Waals surface area contributed by atoms with Gasteiger partial charge in [-0.05, 0) is 49.4 Å². The van der Waals surface area contributed by atoms with Gasteiger partial charge in [-0.25, -0.2) is 14.6 Å². The molecule has 1 aromatic heterocycles. The number of esters is 1. The van der Waals surface area contributed by atoms with Crippen molar-refractivity contribution in [3.8, 4) is 0 Å². The number of benzene rings is 2. The minimum absolute atomic E-state index is 0.146. The number of carbonyl (C=O) groups excluding carboxylic acids is 3. The molecule has 0 aliphatic heterocycles. The van der Waals surface area contributed by atoms with Gasteiger partial charge in [0.15, 0.2) is 5.13 Å². The maximum absolute atomic E-state index is 12.4. The quantitative estimate of drug-likeness (QED) is 0.470. The van der Waals surface area contributed by atoms with Gasteiger partial charge in [0.25, 0.3) is 5.91 Å². The standard InChI is InChI=1S/C20H17ClN4O4S/c1-2-29-18(27)12-6-8-14(9-7-12)22-17(26)16-11-30-20(24-16)25-19(28)23-15-5-3-4-13(21)10-15/h3-11H,2H2,1H3,(H,22,26)(H2,23,24,25,28). The minimum atomic E-state index is -0.506. The molecule has 3 amide bonds. The maximum atomic E-state index is 12.4. The molecule has 1 heterocycles. The lowest BCUT2D eigenvalue weighted by molar-refractivity contribution is 0.0526. The van der Waals surface area contributed by atoms with E-state index >= 15 is 0 Å². The average molecular weight is 445 g/mol. The summed E-state index contributed by atoms with van der Waals surface area (Å²) in [6, 6.07) is 12.5. The Hall–Kier alpha value is -3.43. The second-order valence-corrected chi connectivity index (χ2v) is 7.17. The summed E-state index contributed by atoms with van der Waals surface area (Å²) in [5, 5.41) is 10.2. The first-order valence-corrected chi connectivity index (χ1v) is 10.1. The van der Waals surface area contributed by atoms with E-state index in [0.29, 0.717) is 22.0 Å². The van der Waals surface area contributed by atoms with Crippen molar-refractivity contribution in [1.29, 1.82) is 0 Å². The molecule has 0 fully saturated rings. The summed E-state index contributed by atoms with van der Waals surface area (Å²) < 4.78 is 4.91. The maximum Gasteiger partial charge on any atom is 0.338 e. The van der Waals surface area contributed by atoms with Crippen molar-refractivity contribution in [2.45, 2.75) is 6.92 Å². The predicted molar refractivity (Wildman–Crippen MR) is 117 cm³/mol. The van der Waals surface area contributed by atoms with E-state index in [0.717, 1.165) is 11.3 Å². The molecule has 0 saturated carbocycles. The fourth-order valence-corrected chi connectivity index (χ4v) is 3.24. The molecule has 154 valence electrons. The van der Waals surface area contributed by atoms with Crippen molar-refractivity contribution in [2.24, 2.45) is 0 Å². The Bertz CT molecular complexity index is 1070. The van der Waals surface area contributed by atoms with E-state index in [1.54, 1.807) is 55.5 Å². The number of nitrogens with one attached hydrogen (secondary N) is 3. The predicted octanol–water partition coefficient (Wildman–Crippen LogP) is 4.87. The largest absolute Gasteiger partial charge is 0.462 e. The van der Waals surface area contributed by atoms with E-state index in [4.69, 9.17) is 16.3 Å². The molecule has 10 heteroatoms. The molecule has 0 spiro atoms. The lowest BCUT2D eigenvalue weighted by Gasteiger charge is -2.06. The Kier molecular flexibility index (Phi) is 6.99. The molecule has 3 aromatic rings. The topological polar surface area (TPSA) is 109 Å². The smallest absolute Gasteiger partial charge is 0.338 e. The average Bonchev–Trinajstić information content (AvgIpc) is 3.17. The molecular formula is C20H17ClN4O4S. The van der Waals surface area contributed by atoms with Gasteiger partial charge in [0.2, 0.25) is 0 Å². The summed E-state index contributed by atoms with van der Waals surface area (Å²) >= 11 is 6.99. The number of rotatable bonds is 6. The molecule has 0 aliphatic carbocycles. The number of urea groups is 1. The Labute approximate surface area is 181 Å². The summed E-state index contributed by atoms with van der Waals surface area (Å²) in [6.45, 7) is 2.01. The first-order valence-electron chi connectivity index (χ1n) is 8.82. The summed E-state index contributed by atoms with van der Waals surface area (Å²) in [4.78, 5) is 40.2. The molecule has 8 nitrogen and oxygen atoms in total. The van der Waals surface area contributed by atoms with E-state index in [2.05, 4.69) is 20.9 Å². The van der Waals surface area contributed by atoms with Gasteiger partial charge in [-0.2, -0.15) is 0 Å². The number of anilines is 3. The number of nitrogens with zero attached hydrogens (tertiary/aromatic N) is 1. The van der Waals surface area contributed by atoms with Crippen LogP contribution >= 0.6 is 22.9 Å². The van der Waals surface area contributed by atoms with Crippen LogP contribution in [-0.4, -0.2) is 29.5 Å². The van der Waals surface area contributed by atoms with Crippen molar-refractivity contribution in [2.75, 3.05) is 22.6 Å². The molecule has 0 saturated heterocycles. The lowest BCUT2D eigenvalue weighted by Crippen LogP contribution is -2.19. The van der Waals surface area contributed by atoms with Gasteiger partial charge in [-0.15, -0.1) is 11.3 Å². The highest BCUT2D eigenvalue weighted by molar-refractivity contribution is 7.14. The highest BCUT2D eigenvalue weighted by Crippen LogP contribution is 2.19. The molecular weight excluding hydrogens is 428 g/mol. The molecule has 0 bridgehead atoms. The van der Waals surface area contributed by atoms with Crippen LogP contribution in [0.4, 0.5) is 21.3 Å². The van der Waals surface area contributed by atoms with E-state index < -0.39 is 17.9 Å². The summed E-state index contributed by atoms with van der Waals surface area (Å²) in [6.07, 6.45) is 0. The van der Waals surface area contributed by atoms with Crippen LogP contribution in [0.15, 0.2) is 53.9 Å². The second kappa shape index (κ2) is 9.86. The number of halogens is 1. The molecule has 0 unspecified atom stereocenters. The van der Waals surface area contributed by atoms with Crippen LogP contribution in [0.2, 0.25) is 5.02 Å². The third-order valence-electron chi connectivity index (χ3n) is 3.69. The third kappa shape index (κ3) is 5.79. The fraction of sp³-hybridized carbons (Fsp3) is 0.100. The summed E-state index contributed by atoms with van der Waals surface area (Å²) in [5.74, 6) is -0.875. The number of carbonyl (C=O) groups is 3. The SMILES string of the molecule is CCOC(=O)c1ccc(NC(=O)c2csc(NC(=O)Nc3cccc(Cl)c3)n2)cc1. The number of hydrogen-bond donors (Lipinski definition) is 3. The normalized spacial score (nSPS) is 10.2. The Morgan fingerprint density at radius 1 is 1.03 bits per heavy atom. The van der Waals surface area contributed by atoms with Crippen LogP contribution in [-0.2, 0) is 4.74 Å². The van der Waals surface area contributed by atoms with Crippen molar-refractivity contribution >= 4 is 57.4 Å². The third-order valence-corrected chi connectivity index (χ3v) is 4.69. The van der Waals surface area contributed by atoms with Gasteiger partial charge in [-0.1, -0.05) is 17.7 Å². The van der Waals surface area contributed by atoms with Gasteiger partial charge in [-0.3, -0.25) is 10.1 Å². The molecule has 3 rings (SSSR count). The van der Waals surface area contributed by atoms with Crippen molar-refractivity contribution < 1.29 is 19.1 Å². The first kappa shape index (κ1) is 21.3. The molecule has 2 aromatic carbocycles. The molecule has 0 aliphatic rings. The van der Waals surface area contributed by atoms with Crippen LogP contribution in [0.1, 0.15) is 27.8 Å². The lowest BCUT2D eigenvalue weighted by atomic mass is 10.2. The number of amides is 3. The Morgan fingerprint density at radius 2 is 1.80 bits per heavy atom. The van der Waals surface area contributed by atoms with Crippen LogP contribution in [0.5, 0.6) is 0 Å². The van der Waals surface area contributed by atoms with Crippen molar-refractivity contribution in [3.63, 3.8) is 0 Å². The fourth-order valence-electron chi connectivity index (χ4n) is 2.36. The first-order chi connectivity index (χ1) is 14.4. The monoisotopic (exact) mass is 444 g/mol. The van der Waals surface area contributed by atoms with Crippen molar-refractivity contribution in [3.05, 3.63) is 70.2 Å². The van der Waals surface area contributed by atoms with Crippen LogP contribution in [0.25, 0.3) is 0 Å². The van der Waals surface area contributed by atoms with E-state index in [1.807, 2.05) is 0 Å². The van der Waals surface area contributed by atoms with Gasteiger partial charge >= 0.3 is 12.0 Å². The highest BCUT2D eigenvalue weighted by atomic mass is 35.5. The van der Waals surface area contributed by atoms with Gasteiger partial charge in [0, 0.05) is 21.8 Å². The summed E-state index contributed by atoms with van der Waals surface area (Å²) in [7, 11) is 0. The number of hydrogen-bond acceptors (Lipinski definition) is 6. The second-order valence-electron chi connectivity index (χ2n) is 5.88. The molecule has 0 radical (unpaired) electrons. The zero-order valence-electron chi connectivity index (χ0n) is 15.8. The van der Waals surface area contributed by atoms with E-state index in [-0.39, 0.29) is 17.4 Å². The zero-order chi connectivity index (χ0) is 21.5. The van der Waals surface area contributed by atoms with Crippen LogP contribution in [0, 0.1) is 0 Å². The van der Waals surface area contributed by atoms with Crippen LogP contribution < -0.4 is 16.0 Å².